The van der Waals surface area contributed by atoms with Gasteiger partial charge in [-0.1, -0.05) is 25.1 Å². The lowest BCUT2D eigenvalue weighted by molar-refractivity contribution is 0.102. The summed E-state index contributed by atoms with van der Waals surface area (Å²) in [5, 5.41) is 6.11. The number of carbonyl (C=O) groups excluding carboxylic acids is 1. The molecule has 2 rings (SSSR count). The lowest BCUT2D eigenvalue weighted by atomic mass is 10.2. The second kappa shape index (κ2) is 6.82. The van der Waals surface area contributed by atoms with Gasteiger partial charge >= 0.3 is 0 Å². The summed E-state index contributed by atoms with van der Waals surface area (Å²) in [6.07, 6.45) is 0. The van der Waals surface area contributed by atoms with Crippen LogP contribution in [0.5, 0.6) is 0 Å². The van der Waals surface area contributed by atoms with Crippen molar-refractivity contribution in [3.63, 3.8) is 0 Å². The maximum absolute atomic E-state index is 12.0. The Labute approximate surface area is 119 Å². The van der Waals surface area contributed by atoms with Gasteiger partial charge in [0.05, 0.1) is 0 Å². The number of hydrogen-bond donors (Lipinski definition) is 2. The molecule has 4 nitrogen and oxygen atoms in total. The maximum atomic E-state index is 12.0. The van der Waals surface area contributed by atoms with Crippen LogP contribution in [0.1, 0.15) is 28.7 Å². The lowest BCUT2D eigenvalue weighted by Crippen LogP contribution is -2.14. The molecule has 0 bridgehead atoms. The van der Waals surface area contributed by atoms with E-state index >= 15 is 0 Å². The van der Waals surface area contributed by atoms with E-state index in [9.17, 15) is 4.79 Å². The lowest BCUT2D eigenvalue weighted by Gasteiger charge is -2.07. The van der Waals surface area contributed by atoms with Crippen LogP contribution in [0.4, 0.5) is 5.69 Å². The van der Waals surface area contributed by atoms with Gasteiger partial charge in [-0.25, -0.2) is 4.98 Å². The molecule has 1 heterocycles. The largest absolute Gasteiger partial charge is 0.321 e. The number of anilines is 1. The Hall–Kier alpha value is -2.20. The number of aryl methyl sites for hydroxylation is 1. The molecule has 0 spiro atoms. The monoisotopic (exact) mass is 269 g/mol. The van der Waals surface area contributed by atoms with E-state index in [-0.39, 0.29) is 5.91 Å². The molecule has 4 heteroatoms. The third-order valence-corrected chi connectivity index (χ3v) is 2.91. The molecule has 0 aliphatic rings. The number of amides is 1. The van der Waals surface area contributed by atoms with Crippen LogP contribution in [-0.2, 0) is 6.54 Å². The quantitative estimate of drug-likeness (QED) is 0.877. The average molecular weight is 269 g/mol. The van der Waals surface area contributed by atoms with Crippen LogP contribution < -0.4 is 10.6 Å². The minimum Gasteiger partial charge on any atom is -0.321 e. The zero-order valence-corrected chi connectivity index (χ0v) is 11.8. The van der Waals surface area contributed by atoms with Crippen LogP contribution in [0.15, 0.2) is 42.5 Å². The van der Waals surface area contributed by atoms with Crippen LogP contribution >= 0.6 is 0 Å². The Balaban J connectivity index is 2.01. The minimum atomic E-state index is -0.187. The molecule has 0 saturated heterocycles. The van der Waals surface area contributed by atoms with Gasteiger partial charge in [-0.3, -0.25) is 4.79 Å². The van der Waals surface area contributed by atoms with Crippen molar-refractivity contribution in [2.45, 2.75) is 20.4 Å². The zero-order valence-electron chi connectivity index (χ0n) is 11.8. The summed E-state index contributed by atoms with van der Waals surface area (Å²) in [7, 11) is 0. The van der Waals surface area contributed by atoms with Gasteiger partial charge in [0.2, 0.25) is 0 Å². The first-order valence-corrected chi connectivity index (χ1v) is 6.73. The van der Waals surface area contributed by atoms with Crippen molar-refractivity contribution in [2.24, 2.45) is 0 Å². The van der Waals surface area contributed by atoms with Gasteiger partial charge in [0, 0.05) is 17.9 Å². The maximum Gasteiger partial charge on any atom is 0.274 e. The van der Waals surface area contributed by atoms with Crippen molar-refractivity contribution in [2.75, 3.05) is 11.9 Å². The van der Waals surface area contributed by atoms with Gasteiger partial charge in [-0.05, 0) is 43.3 Å². The highest BCUT2D eigenvalue weighted by Crippen LogP contribution is 2.11. The number of aromatic nitrogens is 1. The van der Waals surface area contributed by atoms with Gasteiger partial charge in [0.1, 0.15) is 5.69 Å². The summed E-state index contributed by atoms with van der Waals surface area (Å²) in [5.74, 6) is -0.187. The summed E-state index contributed by atoms with van der Waals surface area (Å²) in [6, 6.07) is 13.2. The highest BCUT2D eigenvalue weighted by atomic mass is 16.1. The third kappa shape index (κ3) is 3.90. The highest BCUT2D eigenvalue weighted by molar-refractivity contribution is 6.02. The molecule has 1 aromatic carbocycles. The van der Waals surface area contributed by atoms with Crippen molar-refractivity contribution < 1.29 is 4.79 Å². The molecule has 0 fully saturated rings. The number of hydrogen-bond acceptors (Lipinski definition) is 3. The molecule has 0 aliphatic carbocycles. The fourth-order valence-corrected chi connectivity index (χ4v) is 1.84. The van der Waals surface area contributed by atoms with Crippen LogP contribution in [-0.4, -0.2) is 17.4 Å². The van der Waals surface area contributed by atoms with E-state index in [4.69, 9.17) is 0 Å². The van der Waals surface area contributed by atoms with E-state index < -0.39 is 0 Å². The van der Waals surface area contributed by atoms with Crippen molar-refractivity contribution in [3.05, 3.63) is 59.4 Å². The normalized spacial score (nSPS) is 10.3. The SMILES string of the molecule is CCNCc1ccc(NC(=O)c2cccc(C)n2)cc1. The number of nitrogens with one attached hydrogen (secondary N) is 2. The Morgan fingerprint density at radius 3 is 2.55 bits per heavy atom. The average Bonchev–Trinajstić information content (AvgIpc) is 2.46. The fourth-order valence-electron chi connectivity index (χ4n) is 1.84. The van der Waals surface area contributed by atoms with Gasteiger partial charge in [0.15, 0.2) is 0 Å². The minimum absolute atomic E-state index is 0.187. The molecule has 0 aliphatic heterocycles. The Kier molecular flexibility index (Phi) is 4.85. The zero-order chi connectivity index (χ0) is 14.4. The smallest absolute Gasteiger partial charge is 0.274 e. The van der Waals surface area contributed by atoms with Gasteiger partial charge in [-0.2, -0.15) is 0 Å². The number of nitrogens with zero attached hydrogens (tertiary/aromatic N) is 1. The van der Waals surface area contributed by atoms with Gasteiger partial charge in [0.25, 0.3) is 5.91 Å². The summed E-state index contributed by atoms with van der Waals surface area (Å²) >= 11 is 0. The van der Waals surface area contributed by atoms with Crippen molar-refractivity contribution in [1.82, 2.24) is 10.3 Å². The van der Waals surface area contributed by atoms with Crippen molar-refractivity contribution >= 4 is 11.6 Å². The van der Waals surface area contributed by atoms with Gasteiger partial charge < -0.3 is 10.6 Å². The van der Waals surface area contributed by atoms with Crippen molar-refractivity contribution in [1.29, 1.82) is 0 Å². The van der Waals surface area contributed by atoms with E-state index in [1.165, 1.54) is 5.56 Å². The van der Waals surface area contributed by atoms with E-state index in [2.05, 4.69) is 22.5 Å². The van der Waals surface area contributed by atoms with Crippen molar-refractivity contribution in [3.8, 4) is 0 Å². The number of rotatable bonds is 5. The van der Waals surface area contributed by atoms with E-state index in [0.29, 0.717) is 5.69 Å². The van der Waals surface area contributed by atoms with Crippen LogP contribution in [0.2, 0.25) is 0 Å². The Morgan fingerprint density at radius 1 is 1.15 bits per heavy atom. The molecule has 104 valence electrons. The molecule has 0 saturated carbocycles. The molecule has 0 atom stereocenters. The van der Waals surface area contributed by atoms with Crippen LogP contribution in [0.25, 0.3) is 0 Å². The molecular formula is C16H19N3O. The molecule has 0 radical (unpaired) electrons. The third-order valence-electron chi connectivity index (χ3n) is 2.91. The predicted octanol–water partition coefficient (Wildman–Crippen LogP) is 2.75. The standard InChI is InChI=1S/C16H19N3O/c1-3-17-11-13-7-9-14(10-8-13)19-16(20)15-6-4-5-12(2)18-15/h4-10,17H,3,11H2,1-2H3,(H,19,20). The molecule has 0 unspecified atom stereocenters. The second-order valence-corrected chi connectivity index (χ2v) is 4.60. The van der Waals surface area contributed by atoms with E-state index in [1.807, 2.05) is 43.3 Å². The number of pyridine rings is 1. The molecule has 2 aromatic rings. The first-order chi connectivity index (χ1) is 9.69. The second-order valence-electron chi connectivity index (χ2n) is 4.60. The van der Waals surface area contributed by atoms with Crippen LogP contribution in [0, 0.1) is 6.92 Å². The first kappa shape index (κ1) is 14.2. The highest BCUT2D eigenvalue weighted by Gasteiger charge is 2.07. The molecule has 1 amide bonds. The molecule has 20 heavy (non-hydrogen) atoms. The predicted molar refractivity (Wildman–Crippen MR) is 80.7 cm³/mol. The topological polar surface area (TPSA) is 54.0 Å². The summed E-state index contributed by atoms with van der Waals surface area (Å²) in [6.45, 7) is 5.72. The number of benzene rings is 1. The van der Waals surface area contributed by atoms with Gasteiger partial charge in [-0.15, -0.1) is 0 Å². The van der Waals surface area contributed by atoms with Crippen LogP contribution in [0.3, 0.4) is 0 Å². The van der Waals surface area contributed by atoms with E-state index in [1.54, 1.807) is 6.07 Å². The first-order valence-electron chi connectivity index (χ1n) is 6.73. The molecular weight excluding hydrogens is 250 g/mol. The summed E-state index contributed by atoms with van der Waals surface area (Å²) in [5.41, 5.74) is 3.23. The fraction of sp³-hybridized carbons (Fsp3) is 0.250. The summed E-state index contributed by atoms with van der Waals surface area (Å²) in [4.78, 5) is 16.2. The Morgan fingerprint density at radius 2 is 1.90 bits per heavy atom. The number of carbonyl (C=O) groups is 1. The molecule has 1 aromatic heterocycles. The van der Waals surface area contributed by atoms with E-state index in [0.717, 1.165) is 24.5 Å². The summed E-state index contributed by atoms with van der Waals surface area (Å²) < 4.78 is 0. The Bertz CT molecular complexity index is 579. The molecule has 2 N–H and O–H groups in total.